The third-order valence-electron chi connectivity index (χ3n) is 2.60. The number of halogens is 1. The van der Waals surface area contributed by atoms with Crippen LogP contribution < -0.4 is 5.32 Å². The Hall–Kier alpha value is -0.570. The first-order valence-corrected chi connectivity index (χ1v) is 6.17. The molecule has 3 heteroatoms. The molecule has 0 aromatic heterocycles. The van der Waals surface area contributed by atoms with E-state index in [1.165, 1.54) is 5.56 Å². The molecule has 0 radical (unpaired) electrons. The van der Waals surface area contributed by atoms with Gasteiger partial charge in [0.25, 0.3) is 0 Å². The van der Waals surface area contributed by atoms with Gasteiger partial charge in [-0.3, -0.25) is 0 Å². The van der Waals surface area contributed by atoms with Crippen LogP contribution in [0.25, 0.3) is 0 Å². The van der Waals surface area contributed by atoms with E-state index in [0.717, 1.165) is 13.0 Å². The summed E-state index contributed by atoms with van der Waals surface area (Å²) in [5.74, 6) is 0.585. The number of alkyl halides is 1. The fraction of sp³-hybridized carbons (Fsp3) is 0.538. The topological polar surface area (TPSA) is 21.3 Å². The normalized spacial score (nSPS) is 14.7. The second-order valence-electron chi connectivity index (χ2n) is 3.97. The van der Waals surface area contributed by atoms with E-state index < -0.39 is 0 Å². The zero-order chi connectivity index (χ0) is 11.8. The van der Waals surface area contributed by atoms with Crippen molar-refractivity contribution in [2.24, 2.45) is 0 Å². The van der Waals surface area contributed by atoms with Gasteiger partial charge < -0.3 is 10.1 Å². The molecule has 0 amide bonds. The van der Waals surface area contributed by atoms with Crippen LogP contribution in [0.5, 0.6) is 0 Å². The molecule has 1 aromatic rings. The third kappa shape index (κ3) is 4.52. The molecule has 16 heavy (non-hydrogen) atoms. The lowest BCUT2D eigenvalue weighted by Gasteiger charge is -2.21. The monoisotopic (exact) mass is 241 g/mol. The van der Waals surface area contributed by atoms with Gasteiger partial charge in [-0.05, 0) is 18.9 Å². The fourth-order valence-electron chi connectivity index (χ4n) is 1.64. The first-order valence-electron chi connectivity index (χ1n) is 5.63. The molecule has 0 bridgehead atoms. The van der Waals surface area contributed by atoms with E-state index in [1.807, 2.05) is 18.2 Å². The van der Waals surface area contributed by atoms with E-state index in [4.69, 9.17) is 16.3 Å². The summed E-state index contributed by atoms with van der Waals surface area (Å²) >= 11 is 5.99. The van der Waals surface area contributed by atoms with Gasteiger partial charge in [0.2, 0.25) is 0 Å². The molecule has 0 spiro atoms. The smallest absolute Gasteiger partial charge is 0.0476 e. The second kappa shape index (κ2) is 7.66. The number of hydrogen-bond donors (Lipinski definition) is 1. The molecule has 2 nitrogen and oxygen atoms in total. The highest BCUT2D eigenvalue weighted by molar-refractivity contribution is 6.18. The van der Waals surface area contributed by atoms with Crippen LogP contribution in [0.3, 0.4) is 0 Å². The molecule has 0 saturated heterocycles. The molecule has 2 atom stereocenters. The van der Waals surface area contributed by atoms with E-state index >= 15 is 0 Å². The first-order chi connectivity index (χ1) is 7.77. The van der Waals surface area contributed by atoms with E-state index in [9.17, 15) is 0 Å². The summed E-state index contributed by atoms with van der Waals surface area (Å²) in [6.07, 6.45) is 0.997. The van der Waals surface area contributed by atoms with Gasteiger partial charge in [-0.25, -0.2) is 0 Å². The lowest BCUT2D eigenvalue weighted by Crippen LogP contribution is -2.32. The minimum atomic E-state index is 0.217. The van der Waals surface area contributed by atoms with Crippen LogP contribution in [-0.4, -0.2) is 25.6 Å². The Kier molecular flexibility index (Phi) is 6.46. The lowest BCUT2D eigenvalue weighted by molar-refractivity contribution is 0.183. The van der Waals surface area contributed by atoms with Crippen LogP contribution >= 0.6 is 11.6 Å². The number of nitrogens with one attached hydrogen (secondary N) is 1. The van der Waals surface area contributed by atoms with Gasteiger partial charge in [0.1, 0.15) is 0 Å². The second-order valence-corrected chi connectivity index (χ2v) is 4.28. The van der Waals surface area contributed by atoms with Gasteiger partial charge in [0.15, 0.2) is 0 Å². The number of rotatable bonds is 7. The molecular weight excluding hydrogens is 222 g/mol. The minimum absolute atomic E-state index is 0.217. The van der Waals surface area contributed by atoms with Crippen LogP contribution in [0.1, 0.15) is 24.9 Å². The van der Waals surface area contributed by atoms with E-state index in [-0.39, 0.29) is 6.04 Å². The maximum Gasteiger partial charge on any atom is 0.0476 e. The van der Waals surface area contributed by atoms with Crippen LogP contribution in [0.2, 0.25) is 0 Å². The molecule has 0 heterocycles. The van der Waals surface area contributed by atoms with Crippen molar-refractivity contribution in [2.75, 3.05) is 19.6 Å². The van der Waals surface area contributed by atoms with Crippen molar-refractivity contribution in [3.05, 3.63) is 35.9 Å². The molecule has 90 valence electrons. The highest BCUT2D eigenvalue weighted by Gasteiger charge is 2.12. The largest absolute Gasteiger partial charge is 0.385 e. The number of hydrogen-bond acceptors (Lipinski definition) is 2. The van der Waals surface area contributed by atoms with Gasteiger partial charge in [-0.15, -0.1) is 11.6 Å². The molecule has 1 aromatic carbocycles. The highest BCUT2D eigenvalue weighted by atomic mass is 35.5. The van der Waals surface area contributed by atoms with Crippen molar-refractivity contribution in [1.82, 2.24) is 5.32 Å². The zero-order valence-corrected chi connectivity index (χ0v) is 10.7. The quantitative estimate of drug-likeness (QED) is 0.741. The average molecular weight is 242 g/mol. The van der Waals surface area contributed by atoms with Gasteiger partial charge in [-0.2, -0.15) is 0 Å². The SMILES string of the molecule is COCCC(C)NC(CCl)c1ccccc1. The standard InChI is InChI=1S/C13H20ClNO/c1-11(8-9-16-2)15-13(10-14)12-6-4-3-5-7-12/h3-7,11,13,15H,8-10H2,1-2H3. The third-order valence-corrected chi connectivity index (χ3v) is 2.91. The summed E-state index contributed by atoms with van der Waals surface area (Å²) in [5, 5.41) is 3.51. The van der Waals surface area contributed by atoms with Crippen molar-refractivity contribution in [3.63, 3.8) is 0 Å². The predicted molar refractivity (Wildman–Crippen MR) is 69.0 cm³/mol. The number of benzene rings is 1. The van der Waals surface area contributed by atoms with Gasteiger partial charge in [0.05, 0.1) is 0 Å². The molecule has 0 aliphatic rings. The number of ether oxygens (including phenoxy) is 1. The summed E-state index contributed by atoms with van der Waals surface area (Å²) in [6, 6.07) is 10.9. The van der Waals surface area contributed by atoms with Crippen LogP contribution in [0.15, 0.2) is 30.3 Å². The minimum Gasteiger partial charge on any atom is -0.385 e. The molecule has 1 N–H and O–H groups in total. The molecule has 0 fully saturated rings. The summed E-state index contributed by atoms with van der Waals surface area (Å²) in [6.45, 7) is 2.93. The Morgan fingerprint density at radius 1 is 1.31 bits per heavy atom. The van der Waals surface area contributed by atoms with Crippen LogP contribution in [0.4, 0.5) is 0 Å². The first kappa shape index (κ1) is 13.5. The maximum absolute atomic E-state index is 5.99. The van der Waals surface area contributed by atoms with E-state index in [1.54, 1.807) is 7.11 Å². The Balaban J connectivity index is 2.49. The highest BCUT2D eigenvalue weighted by Crippen LogP contribution is 2.15. The van der Waals surface area contributed by atoms with E-state index in [2.05, 4.69) is 24.4 Å². The Labute approximate surface area is 103 Å². The Morgan fingerprint density at radius 2 is 2.00 bits per heavy atom. The Morgan fingerprint density at radius 3 is 2.56 bits per heavy atom. The van der Waals surface area contributed by atoms with Crippen molar-refractivity contribution < 1.29 is 4.74 Å². The van der Waals surface area contributed by atoms with E-state index in [0.29, 0.717) is 11.9 Å². The average Bonchev–Trinajstić information content (AvgIpc) is 2.34. The van der Waals surface area contributed by atoms with Crippen LogP contribution in [0, 0.1) is 0 Å². The molecule has 1 rings (SSSR count). The van der Waals surface area contributed by atoms with Crippen LogP contribution in [-0.2, 0) is 4.74 Å². The summed E-state index contributed by atoms with van der Waals surface area (Å²) in [5.41, 5.74) is 1.24. The Bertz CT molecular complexity index is 279. The molecule has 0 aliphatic heterocycles. The fourth-order valence-corrected chi connectivity index (χ4v) is 1.90. The number of methoxy groups -OCH3 is 1. The summed E-state index contributed by atoms with van der Waals surface area (Å²) in [4.78, 5) is 0. The van der Waals surface area contributed by atoms with Crippen molar-refractivity contribution >= 4 is 11.6 Å². The molecule has 0 saturated carbocycles. The predicted octanol–water partition coefficient (Wildman–Crippen LogP) is 2.98. The molecule has 0 aliphatic carbocycles. The lowest BCUT2D eigenvalue weighted by atomic mass is 10.1. The summed E-state index contributed by atoms with van der Waals surface area (Å²) in [7, 11) is 1.73. The molecular formula is C13H20ClNO. The summed E-state index contributed by atoms with van der Waals surface area (Å²) < 4.78 is 5.06. The zero-order valence-electron chi connectivity index (χ0n) is 9.95. The van der Waals surface area contributed by atoms with Gasteiger partial charge >= 0.3 is 0 Å². The van der Waals surface area contributed by atoms with Gasteiger partial charge in [0, 0.05) is 31.7 Å². The van der Waals surface area contributed by atoms with Gasteiger partial charge in [-0.1, -0.05) is 30.3 Å². The molecule has 2 unspecified atom stereocenters. The van der Waals surface area contributed by atoms with Crippen molar-refractivity contribution in [3.8, 4) is 0 Å². The maximum atomic E-state index is 5.99. The van der Waals surface area contributed by atoms with Crippen molar-refractivity contribution in [2.45, 2.75) is 25.4 Å². The van der Waals surface area contributed by atoms with Crippen molar-refractivity contribution in [1.29, 1.82) is 0 Å².